The summed E-state index contributed by atoms with van der Waals surface area (Å²) in [6.07, 6.45) is 9.53. The first kappa shape index (κ1) is 24.9. The maximum Gasteiger partial charge on any atom is 0.153 e. The number of amidine groups is 1. The number of hydrogen-bond donors (Lipinski definition) is 2. The van der Waals surface area contributed by atoms with Crippen molar-refractivity contribution in [3.8, 4) is 17.0 Å². The lowest BCUT2D eigenvalue weighted by Gasteiger charge is -2.36. The predicted octanol–water partition coefficient (Wildman–Crippen LogP) is 5.58. The van der Waals surface area contributed by atoms with E-state index in [-0.39, 0.29) is 17.3 Å². The van der Waals surface area contributed by atoms with Crippen LogP contribution in [-0.4, -0.2) is 64.0 Å². The van der Waals surface area contributed by atoms with Gasteiger partial charge in [0.2, 0.25) is 0 Å². The Bertz CT molecular complexity index is 1400. The molecule has 0 spiro atoms. The molecule has 38 heavy (non-hydrogen) atoms. The molecule has 3 aliphatic heterocycles. The number of phenols is 1. The van der Waals surface area contributed by atoms with E-state index in [1.165, 1.54) is 12.8 Å². The Kier molecular flexibility index (Phi) is 6.78. The van der Waals surface area contributed by atoms with Gasteiger partial charge in [0, 0.05) is 55.6 Å². The molecule has 3 aliphatic rings. The van der Waals surface area contributed by atoms with Gasteiger partial charge < -0.3 is 20.2 Å². The average Bonchev–Trinajstić information content (AvgIpc) is 3.57. The molecular formula is C31H36FN5O. The molecule has 0 saturated carbocycles. The summed E-state index contributed by atoms with van der Waals surface area (Å²) in [5, 5.41) is 15.8. The van der Waals surface area contributed by atoms with E-state index >= 15 is 4.39 Å². The number of nitrogens with zero attached hydrogens (tertiary/aromatic N) is 4. The van der Waals surface area contributed by atoms with Crippen LogP contribution in [0.5, 0.6) is 5.75 Å². The lowest BCUT2D eigenvalue weighted by Crippen LogP contribution is -2.53. The number of aliphatic imine (C=N–C) groups is 1. The summed E-state index contributed by atoms with van der Waals surface area (Å²) in [6, 6.07) is 11.9. The van der Waals surface area contributed by atoms with Gasteiger partial charge in [0.1, 0.15) is 23.1 Å². The van der Waals surface area contributed by atoms with Crippen molar-refractivity contribution >= 4 is 16.6 Å². The fourth-order valence-electron chi connectivity index (χ4n) is 6.24. The summed E-state index contributed by atoms with van der Waals surface area (Å²) in [7, 11) is 0. The lowest BCUT2D eigenvalue weighted by molar-refractivity contribution is 0.288. The summed E-state index contributed by atoms with van der Waals surface area (Å²) in [6.45, 7) is 7.68. The second kappa shape index (κ2) is 10.4. The number of halogens is 1. The van der Waals surface area contributed by atoms with E-state index in [9.17, 15) is 5.11 Å². The minimum atomic E-state index is -0.369. The number of pyridine rings is 1. The molecule has 2 bridgehead atoms. The smallest absolute Gasteiger partial charge is 0.153 e. The maximum atomic E-state index is 16.2. The zero-order valence-electron chi connectivity index (χ0n) is 22.3. The normalized spacial score (nSPS) is 22.1. The molecule has 2 aromatic carbocycles. The van der Waals surface area contributed by atoms with E-state index in [2.05, 4.69) is 33.1 Å². The summed E-state index contributed by atoms with van der Waals surface area (Å²) in [4.78, 5) is 14.6. The van der Waals surface area contributed by atoms with Crippen LogP contribution in [0.4, 0.5) is 4.39 Å². The Morgan fingerprint density at radius 3 is 2.61 bits per heavy atom. The topological polar surface area (TPSA) is 64.0 Å². The van der Waals surface area contributed by atoms with Gasteiger partial charge in [0.05, 0.1) is 0 Å². The molecule has 3 aromatic rings. The molecule has 2 unspecified atom stereocenters. The first-order valence-corrected chi connectivity index (χ1v) is 13.9. The van der Waals surface area contributed by atoms with Crippen molar-refractivity contribution < 1.29 is 9.50 Å². The molecule has 1 aromatic heterocycles. The van der Waals surface area contributed by atoms with E-state index in [4.69, 9.17) is 4.99 Å². The molecule has 198 valence electrons. The summed E-state index contributed by atoms with van der Waals surface area (Å²) < 4.78 is 16.2. The third-order valence-electron chi connectivity index (χ3n) is 8.16. The van der Waals surface area contributed by atoms with Gasteiger partial charge in [-0.3, -0.25) is 4.98 Å². The maximum absolute atomic E-state index is 16.2. The molecule has 2 atom stereocenters. The van der Waals surface area contributed by atoms with Crippen LogP contribution in [0.25, 0.3) is 22.0 Å². The highest BCUT2D eigenvalue weighted by molar-refractivity contribution is 6.02. The number of aromatic nitrogens is 1. The minimum Gasteiger partial charge on any atom is -0.508 e. The fraction of sp³-hybridized carbons (Fsp3) is 0.419. The largest absolute Gasteiger partial charge is 0.508 e. The van der Waals surface area contributed by atoms with Crippen molar-refractivity contribution in [1.82, 2.24) is 20.1 Å². The van der Waals surface area contributed by atoms with Crippen molar-refractivity contribution in [1.29, 1.82) is 0 Å². The van der Waals surface area contributed by atoms with Crippen LogP contribution in [0, 0.1) is 12.7 Å². The van der Waals surface area contributed by atoms with Crippen LogP contribution in [0.2, 0.25) is 0 Å². The van der Waals surface area contributed by atoms with Gasteiger partial charge >= 0.3 is 0 Å². The van der Waals surface area contributed by atoms with Crippen molar-refractivity contribution in [2.24, 2.45) is 4.99 Å². The summed E-state index contributed by atoms with van der Waals surface area (Å²) >= 11 is 0. The molecule has 4 heterocycles. The summed E-state index contributed by atoms with van der Waals surface area (Å²) in [5.74, 6) is 1.52. The van der Waals surface area contributed by atoms with Gasteiger partial charge in [0.25, 0.3) is 0 Å². The van der Waals surface area contributed by atoms with Crippen molar-refractivity contribution in [2.75, 3.05) is 26.2 Å². The van der Waals surface area contributed by atoms with Gasteiger partial charge in [-0.2, -0.15) is 0 Å². The highest BCUT2D eigenvalue weighted by Crippen LogP contribution is 2.35. The van der Waals surface area contributed by atoms with Gasteiger partial charge in [-0.05, 0) is 73.6 Å². The molecule has 6 nitrogen and oxygen atoms in total. The number of rotatable bonds is 5. The number of piperazine rings is 1. The van der Waals surface area contributed by atoms with Crippen LogP contribution in [0.3, 0.4) is 0 Å². The van der Waals surface area contributed by atoms with Crippen LogP contribution in [-0.2, 0) is 0 Å². The molecule has 0 amide bonds. The number of likely N-dealkylation sites (tertiary alicyclic amines) is 2. The zero-order chi connectivity index (χ0) is 26.2. The Morgan fingerprint density at radius 1 is 1.13 bits per heavy atom. The molecule has 7 heteroatoms. The second-order valence-corrected chi connectivity index (χ2v) is 10.8. The standard InChI is InChI=1S/C31H36FN5O/c1-3-8-28(36-13-6-7-14-36)35-31(37-18-22-11-12-23(19-37)34-22)27-17-33-30(29(32)20(27)2)26-16-24(38)15-21-9-4-5-10-25(21)26/h4-5,8-10,15-17,22-23,34,38H,3,6-7,11-14,18-19H2,1-2H3/b28-8-,35-31+. The number of allylic oxidation sites excluding steroid dienone is 1. The number of fused-ring (bicyclic) bond motifs is 3. The zero-order valence-corrected chi connectivity index (χ0v) is 22.3. The van der Waals surface area contributed by atoms with Crippen molar-refractivity contribution in [3.63, 3.8) is 0 Å². The Hall–Kier alpha value is -3.45. The first-order valence-electron chi connectivity index (χ1n) is 13.9. The van der Waals surface area contributed by atoms with E-state index < -0.39 is 0 Å². The van der Waals surface area contributed by atoms with Gasteiger partial charge in [-0.15, -0.1) is 0 Å². The number of nitrogens with one attached hydrogen (secondary N) is 1. The number of aromatic hydroxyl groups is 1. The fourth-order valence-corrected chi connectivity index (χ4v) is 6.24. The van der Waals surface area contributed by atoms with Crippen LogP contribution < -0.4 is 5.32 Å². The molecule has 2 N–H and O–H groups in total. The van der Waals surface area contributed by atoms with Crippen LogP contribution in [0.15, 0.2) is 59.5 Å². The first-order chi connectivity index (χ1) is 18.5. The van der Waals surface area contributed by atoms with E-state index in [1.807, 2.05) is 31.2 Å². The third-order valence-corrected chi connectivity index (χ3v) is 8.16. The van der Waals surface area contributed by atoms with Gasteiger partial charge in [0.15, 0.2) is 5.82 Å². The monoisotopic (exact) mass is 513 g/mol. The van der Waals surface area contributed by atoms with Crippen molar-refractivity contribution in [3.05, 3.63) is 71.4 Å². The Morgan fingerprint density at radius 2 is 1.87 bits per heavy atom. The van der Waals surface area contributed by atoms with Crippen LogP contribution >= 0.6 is 0 Å². The molecule has 0 aliphatic carbocycles. The van der Waals surface area contributed by atoms with E-state index in [0.29, 0.717) is 23.2 Å². The molecule has 6 rings (SSSR count). The molecular weight excluding hydrogens is 477 g/mol. The highest BCUT2D eigenvalue weighted by atomic mass is 19.1. The lowest BCUT2D eigenvalue weighted by atomic mass is 9.98. The number of phenolic OH excluding ortho intramolecular Hbond substituents is 1. The Labute approximate surface area is 223 Å². The Balaban J connectivity index is 1.47. The van der Waals surface area contributed by atoms with Crippen molar-refractivity contribution in [2.45, 2.75) is 58.0 Å². The number of benzene rings is 2. The number of hydrogen-bond acceptors (Lipinski definition) is 5. The molecule has 3 saturated heterocycles. The minimum absolute atomic E-state index is 0.0973. The van der Waals surface area contributed by atoms with E-state index in [1.54, 1.807) is 18.3 Å². The summed E-state index contributed by atoms with van der Waals surface area (Å²) in [5.41, 5.74) is 2.11. The van der Waals surface area contributed by atoms with Gasteiger partial charge in [-0.1, -0.05) is 31.2 Å². The average molecular weight is 514 g/mol. The second-order valence-electron chi connectivity index (χ2n) is 10.8. The van der Waals surface area contributed by atoms with Crippen LogP contribution in [0.1, 0.15) is 50.2 Å². The highest BCUT2D eigenvalue weighted by Gasteiger charge is 2.35. The predicted molar refractivity (Wildman–Crippen MR) is 151 cm³/mol. The SMILES string of the molecule is CC/C=C(/N=C(\c1cnc(-c2cc(O)cc3ccccc23)c(F)c1C)N1CC2CCC(C1)N2)N1CCCC1. The molecule has 3 fully saturated rings. The third kappa shape index (κ3) is 4.64. The quantitative estimate of drug-likeness (QED) is 0.344. The van der Waals surface area contributed by atoms with Gasteiger partial charge in [-0.25, -0.2) is 9.38 Å². The van der Waals surface area contributed by atoms with E-state index in [0.717, 1.165) is 73.4 Å². The molecule has 0 radical (unpaired) electrons.